The molecule has 0 fully saturated rings. The fourth-order valence-corrected chi connectivity index (χ4v) is 3.73. The molecule has 0 bridgehead atoms. The predicted octanol–water partition coefficient (Wildman–Crippen LogP) is 0.0711. The van der Waals surface area contributed by atoms with Crippen LogP contribution in [-0.2, 0) is 20.0 Å². The molecule has 0 saturated carbocycles. The predicted molar refractivity (Wildman–Crippen MR) is 37.5 cm³/mol. The van der Waals surface area contributed by atoms with Crippen LogP contribution in [0.3, 0.4) is 0 Å². The van der Waals surface area contributed by atoms with E-state index in [1.807, 2.05) is 0 Å². The monoisotopic (exact) mass is 320 g/mol. The summed E-state index contributed by atoms with van der Waals surface area (Å²) in [6.07, 6.45) is 0. The van der Waals surface area contributed by atoms with Crippen molar-refractivity contribution < 1.29 is 43.2 Å². The van der Waals surface area contributed by atoms with Crippen molar-refractivity contribution in [2.24, 2.45) is 0 Å². The Morgan fingerprint density at radius 3 is 1.06 bits per heavy atom. The third-order valence-electron chi connectivity index (χ3n) is 1.12. The Morgan fingerprint density at radius 1 is 0.750 bits per heavy atom. The van der Waals surface area contributed by atoms with E-state index in [4.69, 9.17) is 0 Å². The SMILES string of the molecule is O=S(=O)([N]([Ca])S(=O)(=O)C(F)(F)F)C(F)(F)F. The second-order valence-corrected chi connectivity index (χ2v) is 8.53. The first-order valence-electron chi connectivity index (χ1n) is 2.89. The first-order chi connectivity index (χ1) is 6.65. The first-order valence-corrected chi connectivity index (χ1v) is 6.76. The molecular weight excluding hydrogens is 320 g/mol. The van der Waals surface area contributed by atoms with E-state index >= 15 is 0 Å². The minimum absolute atomic E-state index is 1.40. The summed E-state index contributed by atoms with van der Waals surface area (Å²) in [6.45, 7) is 0. The van der Waals surface area contributed by atoms with E-state index in [9.17, 15) is 43.2 Å². The van der Waals surface area contributed by atoms with Crippen molar-refractivity contribution >= 4 is 56.2 Å². The molecule has 0 atom stereocenters. The van der Waals surface area contributed by atoms with Crippen molar-refractivity contribution in [2.45, 2.75) is 11.0 Å². The van der Waals surface area contributed by atoms with Crippen LogP contribution in [0.25, 0.3) is 0 Å². The molecule has 0 aliphatic rings. The molecule has 93 valence electrons. The van der Waals surface area contributed by atoms with Crippen molar-refractivity contribution in [3.05, 3.63) is 0 Å². The number of hydrogen-bond donors (Lipinski definition) is 0. The van der Waals surface area contributed by atoms with E-state index in [2.05, 4.69) is 0 Å². The van der Waals surface area contributed by atoms with Crippen LogP contribution in [0.4, 0.5) is 26.3 Å². The maximum absolute atomic E-state index is 11.8. The second-order valence-electron chi connectivity index (χ2n) is 2.17. The zero-order chi connectivity index (χ0) is 13.6. The van der Waals surface area contributed by atoms with E-state index in [1.54, 1.807) is 0 Å². The fourth-order valence-electron chi connectivity index (χ4n) is 0.360. The van der Waals surface area contributed by atoms with E-state index < -0.39 is 67.4 Å². The van der Waals surface area contributed by atoms with Crippen LogP contribution >= 0.6 is 0 Å². The van der Waals surface area contributed by atoms with Gasteiger partial charge in [-0.05, 0) is 0 Å². The zero-order valence-electron chi connectivity index (χ0n) is 6.87. The van der Waals surface area contributed by atoms with Crippen LogP contribution in [0.1, 0.15) is 0 Å². The average Bonchev–Trinajstić information content (AvgIpc) is 1.98. The van der Waals surface area contributed by atoms with Gasteiger partial charge in [0.05, 0.1) is 0 Å². The van der Waals surface area contributed by atoms with Gasteiger partial charge >= 0.3 is 111 Å². The van der Waals surface area contributed by atoms with Crippen LogP contribution in [0.15, 0.2) is 0 Å². The summed E-state index contributed by atoms with van der Waals surface area (Å²) in [5.41, 5.74) is -12.2. The Bertz CT molecular complexity index is 416. The molecular formula is C2CaF6NO4S2. The average molecular weight is 320 g/mol. The van der Waals surface area contributed by atoms with Gasteiger partial charge in [0.25, 0.3) is 0 Å². The molecule has 0 aromatic heterocycles. The van der Waals surface area contributed by atoms with Crippen molar-refractivity contribution in [2.75, 3.05) is 0 Å². The van der Waals surface area contributed by atoms with E-state index in [-0.39, 0.29) is 0 Å². The number of hydrogen-bond acceptors (Lipinski definition) is 4. The fraction of sp³-hybridized carbons (Fsp3) is 1.00. The number of sulfonamides is 2. The summed E-state index contributed by atoms with van der Waals surface area (Å²) in [5, 5.41) is 0. The number of halogens is 6. The summed E-state index contributed by atoms with van der Waals surface area (Å²) in [6, 6.07) is 0. The summed E-state index contributed by atoms with van der Waals surface area (Å²) >= 11 is -1.40. The molecule has 0 amide bonds. The van der Waals surface area contributed by atoms with Gasteiger partial charge < -0.3 is 0 Å². The standard InChI is InChI=1S/C2F6NO4S2.Ca/c3-1(4,5)14(10,11)9-15(12,13)2(6,7)8;/q-1;+1. The van der Waals surface area contributed by atoms with Gasteiger partial charge in [0.2, 0.25) is 0 Å². The van der Waals surface area contributed by atoms with Crippen LogP contribution < -0.4 is 0 Å². The van der Waals surface area contributed by atoms with Crippen LogP contribution in [0.5, 0.6) is 0 Å². The molecule has 0 saturated heterocycles. The van der Waals surface area contributed by atoms with E-state index in [0.717, 1.165) is 0 Å². The number of alkyl halides is 6. The molecule has 14 heteroatoms. The van der Waals surface area contributed by atoms with Gasteiger partial charge in [-0.3, -0.25) is 0 Å². The third kappa shape index (κ3) is 2.93. The molecule has 0 N–H and O–H groups in total. The van der Waals surface area contributed by atoms with Crippen molar-refractivity contribution in [3.63, 3.8) is 0 Å². The van der Waals surface area contributed by atoms with Crippen molar-refractivity contribution in [1.29, 1.82) is 0 Å². The Hall–Kier alpha value is 0.700. The first kappa shape index (κ1) is 16.7. The summed E-state index contributed by atoms with van der Waals surface area (Å²) in [4.78, 5) is 0. The normalized spacial score (nSPS) is 15.4. The second kappa shape index (κ2) is 4.42. The summed E-state index contributed by atoms with van der Waals surface area (Å²) < 4.78 is 111. The number of nitrogens with zero attached hydrogens (tertiary/aromatic N) is 1. The minimum atomic E-state index is -6.54. The topological polar surface area (TPSA) is 71.5 Å². The molecule has 0 spiro atoms. The third-order valence-corrected chi connectivity index (χ3v) is 7.73. The van der Waals surface area contributed by atoms with Gasteiger partial charge in [-0.2, -0.15) is 0 Å². The molecule has 5 nitrogen and oxygen atoms in total. The molecule has 0 aliphatic carbocycles. The van der Waals surface area contributed by atoms with Crippen LogP contribution in [0, 0.1) is 0 Å². The van der Waals surface area contributed by atoms with Gasteiger partial charge in [0.15, 0.2) is 0 Å². The Kier molecular flexibility index (Phi) is 4.61. The van der Waals surface area contributed by atoms with Crippen molar-refractivity contribution in [1.82, 2.24) is 0.198 Å². The van der Waals surface area contributed by atoms with Crippen LogP contribution in [-0.4, -0.2) is 64.2 Å². The van der Waals surface area contributed by atoms with Gasteiger partial charge in [-0.1, -0.05) is 0 Å². The summed E-state index contributed by atoms with van der Waals surface area (Å²) in [5.74, 6) is 0. The molecule has 0 heterocycles. The van der Waals surface area contributed by atoms with Gasteiger partial charge in [-0.15, -0.1) is 0 Å². The summed E-state index contributed by atoms with van der Waals surface area (Å²) in [7, 11) is -13.1. The Morgan fingerprint density at radius 2 is 0.938 bits per heavy atom. The zero-order valence-corrected chi connectivity index (χ0v) is 10.7. The maximum atomic E-state index is 11.8. The number of rotatable bonds is 2. The Balaban J connectivity index is 5.70. The van der Waals surface area contributed by atoms with E-state index in [0.29, 0.717) is 0 Å². The molecule has 1 radical (unpaired) electrons. The molecule has 0 aliphatic heterocycles. The molecule has 16 heavy (non-hydrogen) atoms. The van der Waals surface area contributed by atoms with Crippen molar-refractivity contribution in [3.8, 4) is 0 Å². The van der Waals surface area contributed by atoms with E-state index in [1.165, 1.54) is 0 Å². The molecule has 0 aromatic carbocycles. The van der Waals surface area contributed by atoms with Gasteiger partial charge in [-0.25, -0.2) is 0 Å². The van der Waals surface area contributed by atoms with Crippen LogP contribution in [0.2, 0.25) is 0 Å². The van der Waals surface area contributed by atoms with Gasteiger partial charge in [0, 0.05) is 0 Å². The molecule has 0 rings (SSSR count). The molecule has 0 aromatic rings. The quantitative estimate of drug-likeness (QED) is 0.533. The van der Waals surface area contributed by atoms with Gasteiger partial charge in [0.1, 0.15) is 0 Å². The Labute approximate surface area is 110 Å². The molecule has 0 unspecified atom stereocenters.